The fourth-order valence-electron chi connectivity index (χ4n) is 4.84. The molecule has 1 unspecified atom stereocenters. The van der Waals surface area contributed by atoms with Crippen LogP contribution in [0.2, 0.25) is 0 Å². The van der Waals surface area contributed by atoms with Crippen LogP contribution < -0.4 is 4.90 Å². The highest BCUT2D eigenvalue weighted by molar-refractivity contribution is 14.1. The molecule has 0 amide bonds. The van der Waals surface area contributed by atoms with E-state index in [9.17, 15) is 22.9 Å². The number of carbonyl (C=O) groups is 1. The molecule has 7 nitrogen and oxygen atoms in total. The van der Waals surface area contributed by atoms with E-state index in [1.165, 1.54) is 12.1 Å². The standard InChI is InChI=1S/C28H26I2N2O5S2/c1-27(2)19-16-18(39(35,36)37)12-13-21(19)31-23(27)10-8-6-5-7-9-11-24-28(3,38-26(33)34)25-20(30)14-17(29)15-22(25)32(24)4/h5-16H,1-4H3,(H,33,34)(H,35,36,37)/b6-5+,9-7+,10-8+,24-11-. The number of allylic oxidation sites excluding steroid dienone is 7. The fraction of sp³-hybridized carbons (Fsp3) is 0.214. The SMILES string of the molecule is CN1\C(=C/C=C/C=C/C=C/C2=Nc3ccc(S(=O)(=O)O)cc3C2(C)C)C(C)(SC(=O)O)c2c(I)cc(I)cc21. The Morgan fingerprint density at radius 1 is 1.05 bits per heavy atom. The number of carboxylic acid groups (broad SMARTS) is 1. The zero-order chi connectivity index (χ0) is 28.8. The van der Waals surface area contributed by atoms with Crippen LogP contribution in [0, 0.1) is 7.14 Å². The van der Waals surface area contributed by atoms with E-state index in [0.717, 1.165) is 47.1 Å². The van der Waals surface area contributed by atoms with Gasteiger partial charge in [0.15, 0.2) is 0 Å². The third-order valence-electron chi connectivity index (χ3n) is 6.79. The summed E-state index contributed by atoms with van der Waals surface area (Å²) in [7, 11) is -2.33. The molecule has 1 atom stereocenters. The highest BCUT2D eigenvalue weighted by atomic mass is 127. The Labute approximate surface area is 259 Å². The van der Waals surface area contributed by atoms with Gasteiger partial charge >= 0.3 is 5.30 Å². The lowest BCUT2D eigenvalue weighted by atomic mass is 9.81. The summed E-state index contributed by atoms with van der Waals surface area (Å²) in [6.07, 6.45) is 13.2. The third-order valence-corrected chi connectivity index (χ3v) is 10.1. The molecular weight excluding hydrogens is 762 g/mol. The first-order valence-electron chi connectivity index (χ1n) is 11.7. The Kier molecular flexibility index (Phi) is 8.58. The van der Waals surface area contributed by atoms with E-state index in [0.29, 0.717) is 5.69 Å². The summed E-state index contributed by atoms with van der Waals surface area (Å²) in [4.78, 5) is 18.3. The van der Waals surface area contributed by atoms with Gasteiger partial charge in [-0.3, -0.25) is 9.55 Å². The molecule has 2 aliphatic heterocycles. The maximum Gasteiger partial charge on any atom is 0.366 e. The molecule has 0 saturated heterocycles. The Balaban J connectivity index is 1.52. The average Bonchev–Trinajstić information content (AvgIpc) is 3.18. The number of thioether (sulfide) groups is 1. The second kappa shape index (κ2) is 11.1. The van der Waals surface area contributed by atoms with Crippen molar-refractivity contribution in [2.45, 2.75) is 35.8 Å². The van der Waals surface area contributed by atoms with Gasteiger partial charge in [0.2, 0.25) is 0 Å². The average molecular weight is 788 g/mol. The van der Waals surface area contributed by atoms with Crippen molar-refractivity contribution >= 4 is 89.4 Å². The molecule has 2 aromatic carbocycles. The van der Waals surface area contributed by atoms with Crippen LogP contribution in [0.5, 0.6) is 0 Å². The number of fused-ring (bicyclic) bond motifs is 2. The minimum atomic E-state index is -4.29. The van der Waals surface area contributed by atoms with Crippen molar-refractivity contribution in [3.63, 3.8) is 0 Å². The number of nitrogens with zero attached hydrogens (tertiary/aromatic N) is 2. The number of anilines is 1. The predicted molar refractivity (Wildman–Crippen MR) is 175 cm³/mol. The lowest BCUT2D eigenvalue weighted by Gasteiger charge is -2.26. The first-order chi connectivity index (χ1) is 18.2. The van der Waals surface area contributed by atoms with Crippen LogP contribution in [-0.4, -0.2) is 36.1 Å². The summed E-state index contributed by atoms with van der Waals surface area (Å²) in [5.41, 5.74) is 4.55. The first kappa shape index (κ1) is 30.0. The van der Waals surface area contributed by atoms with Gasteiger partial charge in [0.1, 0.15) is 0 Å². The predicted octanol–water partition coefficient (Wildman–Crippen LogP) is 7.84. The normalized spacial score (nSPS) is 21.4. The van der Waals surface area contributed by atoms with Crippen LogP contribution in [0.1, 0.15) is 31.9 Å². The number of hydrogen-bond donors (Lipinski definition) is 2. The van der Waals surface area contributed by atoms with Crippen LogP contribution in [0.25, 0.3) is 0 Å². The van der Waals surface area contributed by atoms with Gasteiger partial charge < -0.3 is 10.0 Å². The maximum absolute atomic E-state index is 11.8. The number of likely N-dealkylation sites (N-methyl/N-ethyl adjacent to an activating group) is 1. The Bertz CT molecular complexity index is 1620. The molecule has 0 radical (unpaired) electrons. The highest BCUT2D eigenvalue weighted by Crippen LogP contribution is 2.55. The molecule has 0 saturated carbocycles. The van der Waals surface area contributed by atoms with E-state index in [1.54, 1.807) is 6.07 Å². The topological polar surface area (TPSA) is 107 Å². The Morgan fingerprint density at radius 3 is 2.38 bits per heavy atom. The largest absolute Gasteiger partial charge is 0.473 e. The zero-order valence-electron chi connectivity index (χ0n) is 21.5. The number of rotatable bonds is 6. The Hall–Kier alpha value is -1.94. The quantitative estimate of drug-likeness (QED) is 0.175. The van der Waals surface area contributed by atoms with Crippen LogP contribution in [0.3, 0.4) is 0 Å². The molecule has 0 aliphatic carbocycles. The summed E-state index contributed by atoms with van der Waals surface area (Å²) in [5, 5.41) is 8.72. The Morgan fingerprint density at radius 2 is 1.72 bits per heavy atom. The van der Waals surface area contributed by atoms with E-state index in [-0.39, 0.29) is 4.90 Å². The molecule has 39 heavy (non-hydrogen) atoms. The molecule has 0 aromatic heterocycles. The lowest BCUT2D eigenvalue weighted by molar-refractivity contribution is 0.222. The molecule has 2 aliphatic rings. The van der Waals surface area contributed by atoms with E-state index >= 15 is 0 Å². The van der Waals surface area contributed by atoms with Crippen molar-refractivity contribution in [3.05, 3.63) is 96.8 Å². The number of hydrogen-bond acceptors (Lipinski definition) is 6. The van der Waals surface area contributed by atoms with Crippen molar-refractivity contribution < 1.29 is 22.9 Å². The molecule has 0 spiro atoms. The van der Waals surface area contributed by atoms with E-state index in [4.69, 9.17) is 0 Å². The van der Waals surface area contributed by atoms with E-state index in [1.807, 2.05) is 70.4 Å². The minimum Gasteiger partial charge on any atom is -0.473 e. The lowest BCUT2D eigenvalue weighted by Crippen LogP contribution is -2.24. The molecule has 11 heteroatoms. The van der Waals surface area contributed by atoms with E-state index in [2.05, 4.69) is 67.2 Å². The molecule has 4 rings (SSSR count). The van der Waals surface area contributed by atoms with Crippen molar-refractivity contribution in [3.8, 4) is 0 Å². The molecule has 0 bridgehead atoms. The zero-order valence-corrected chi connectivity index (χ0v) is 27.5. The van der Waals surface area contributed by atoms with Gasteiger partial charge in [-0.05, 0) is 112 Å². The molecule has 204 valence electrons. The summed E-state index contributed by atoms with van der Waals surface area (Å²) in [5.74, 6) is 0. The van der Waals surface area contributed by atoms with E-state index < -0.39 is 25.6 Å². The van der Waals surface area contributed by atoms with Gasteiger partial charge in [-0.25, -0.2) is 4.79 Å². The number of halogens is 2. The molecular formula is C28H26I2N2O5S2. The van der Waals surface area contributed by atoms with Crippen molar-refractivity contribution in [2.24, 2.45) is 4.99 Å². The van der Waals surface area contributed by atoms with Crippen LogP contribution in [0.15, 0.2) is 88.4 Å². The summed E-state index contributed by atoms with van der Waals surface area (Å²) < 4.78 is 33.9. The molecule has 2 N–H and O–H groups in total. The van der Waals surface area contributed by atoms with Crippen LogP contribution in [0.4, 0.5) is 16.2 Å². The molecule has 2 aromatic rings. The second-order valence-corrected chi connectivity index (χ2v) is 14.9. The minimum absolute atomic E-state index is 0.146. The second-order valence-electron chi connectivity index (χ2n) is 9.70. The first-order valence-corrected chi connectivity index (χ1v) is 16.2. The summed E-state index contributed by atoms with van der Waals surface area (Å²) in [6, 6.07) is 8.55. The molecule has 0 fully saturated rings. The van der Waals surface area contributed by atoms with Gasteiger partial charge in [-0.2, -0.15) is 8.42 Å². The summed E-state index contributed by atoms with van der Waals surface area (Å²) in [6.45, 7) is 5.86. The third kappa shape index (κ3) is 5.92. The van der Waals surface area contributed by atoms with Crippen molar-refractivity contribution in [1.29, 1.82) is 0 Å². The smallest absolute Gasteiger partial charge is 0.366 e. The maximum atomic E-state index is 11.8. The van der Waals surface area contributed by atoms with Gasteiger partial charge in [0.25, 0.3) is 10.1 Å². The monoisotopic (exact) mass is 788 g/mol. The van der Waals surface area contributed by atoms with Gasteiger partial charge in [-0.1, -0.05) is 44.2 Å². The highest BCUT2D eigenvalue weighted by Gasteiger charge is 2.46. The van der Waals surface area contributed by atoms with Crippen molar-refractivity contribution in [2.75, 3.05) is 11.9 Å². The van der Waals surface area contributed by atoms with Gasteiger partial charge in [0, 0.05) is 36.6 Å². The number of benzene rings is 2. The van der Waals surface area contributed by atoms with Gasteiger partial charge in [0.05, 0.1) is 21.0 Å². The molecule has 2 heterocycles. The fourth-order valence-corrected chi connectivity index (χ4v) is 8.85. The number of aliphatic imine (C=N–C) groups is 1. The van der Waals surface area contributed by atoms with Crippen LogP contribution in [-0.2, 0) is 20.3 Å². The summed E-state index contributed by atoms with van der Waals surface area (Å²) >= 11 is 5.45. The van der Waals surface area contributed by atoms with Crippen LogP contribution >= 0.6 is 56.9 Å². The van der Waals surface area contributed by atoms with Gasteiger partial charge in [-0.15, -0.1) is 0 Å². The van der Waals surface area contributed by atoms with Crippen molar-refractivity contribution in [1.82, 2.24) is 0 Å².